The highest BCUT2D eigenvalue weighted by atomic mass is 19.1. The number of amides is 1. The van der Waals surface area contributed by atoms with Crippen molar-refractivity contribution in [3.8, 4) is 0 Å². The number of carbonyl (C=O) groups excluding carboxylic acids is 1. The van der Waals surface area contributed by atoms with Gasteiger partial charge in [-0.1, -0.05) is 0 Å². The van der Waals surface area contributed by atoms with Crippen LogP contribution in [0, 0.1) is 17.2 Å². The Balaban J connectivity index is 1.35. The topological polar surface area (TPSA) is 55.8 Å². The average Bonchev–Trinajstić information content (AvgIpc) is 2.62. The maximum absolute atomic E-state index is 14.5. The number of carbonyl (C=O) groups is 1. The van der Waals surface area contributed by atoms with Crippen LogP contribution in [0.25, 0.3) is 0 Å². The molecule has 26 heavy (non-hydrogen) atoms. The molecule has 0 atom stereocenters. The first-order valence-corrected chi connectivity index (χ1v) is 9.65. The number of nitrogens with one attached hydrogen (secondary N) is 1. The summed E-state index contributed by atoms with van der Waals surface area (Å²) in [5, 5.41) is 8.74. The summed E-state index contributed by atoms with van der Waals surface area (Å²) in [5.41, 5.74) is 3.94. The van der Waals surface area contributed by atoms with Crippen LogP contribution in [0.2, 0.25) is 0 Å². The first-order chi connectivity index (χ1) is 12.5. The van der Waals surface area contributed by atoms with Crippen molar-refractivity contribution in [3.63, 3.8) is 0 Å². The summed E-state index contributed by atoms with van der Waals surface area (Å²) >= 11 is 0. The lowest BCUT2D eigenvalue weighted by molar-refractivity contribution is -0.0223. The van der Waals surface area contributed by atoms with E-state index in [-0.39, 0.29) is 11.4 Å². The van der Waals surface area contributed by atoms with Gasteiger partial charge in [0.2, 0.25) is 0 Å². The van der Waals surface area contributed by atoms with Gasteiger partial charge in [0.1, 0.15) is 5.82 Å². The van der Waals surface area contributed by atoms with Crippen molar-refractivity contribution in [1.29, 1.82) is 0 Å². The van der Waals surface area contributed by atoms with Crippen LogP contribution in [0.3, 0.4) is 0 Å². The van der Waals surface area contributed by atoms with Gasteiger partial charge in [-0.15, -0.1) is 0 Å². The molecule has 2 N–H and O–H groups in total. The van der Waals surface area contributed by atoms with Crippen molar-refractivity contribution < 1.29 is 14.4 Å². The highest BCUT2D eigenvalue weighted by Crippen LogP contribution is 2.52. The van der Waals surface area contributed by atoms with Crippen molar-refractivity contribution >= 4 is 5.91 Å². The minimum Gasteiger partial charge on any atom is -0.306 e. The lowest BCUT2D eigenvalue weighted by Crippen LogP contribution is -2.49. The molecule has 1 aliphatic carbocycles. The number of fused-ring (bicyclic) bond motifs is 1. The summed E-state index contributed by atoms with van der Waals surface area (Å²) in [6.45, 7) is 5.02. The molecule has 1 amide bonds. The smallest absolute Gasteiger partial charge is 0.274 e. The third-order valence-electron chi connectivity index (χ3n) is 6.74. The molecule has 0 unspecified atom stereocenters. The number of rotatable bonds is 3. The third-order valence-corrected chi connectivity index (χ3v) is 6.74. The number of hydrogen-bond acceptors (Lipinski definition) is 4. The molecule has 2 aliphatic heterocycles. The van der Waals surface area contributed by atoms with E-state index in [1.54, 1.807) is 11.5 Å². The molecule has 1 spiro atoms. The fourth-order valence-corrected chi connectivity index (χ4v) is 5.19. The molecule has 5 nitrogen and oxygen atoms in total. The lowest BCUT2D eigenvalue weighted by Gasteiger charge is -2.53. The first kappa shape index (κ1) is 17.9. The zero-order valence-corrected chi connectivity index (χ0v) is 15.4. The fraction of sp³-hybridized carbons (Fsp3) is 0.650. The Hall–Kier alpha value is -1.50. The highest BCUT2D eigenvalue weighted by molar-refractivity contribution is 5.93. The zero-order valence-electron chi connectivity index (χ0n) is 15.4. The van der Waals surface area contributed by atoms with Gasteiger partial charge in [0.15, 0.2) is 0 Å². The van der Waals surface area contributed by atoms with Crippen molar-refractivity contribution in [1.82, 2.24) is 15.3 Å². The van der Waals surface area contributed by atoms with Crippen molar-refractivity contribution in [2.45, 2.75) is 38.6 Å². The maximum atomic E-state index is 14.5. The molecule has 142 valence electrons. The Morgan fingerprint density at radius 2 is 2.04 bits per heavy atom. The minimum atomic E-state index is -0.660. The normalized spacial score (nSPS) is 23.5. The zero-order chi connectivity index (χ0) is 18.3. The number of piperidine rings is 1. The molecule has 0 bridgehead atoms. The molecular weight excluding hydrogens is 333 g/mol. The van der Waals surface area contributed by atoms with E-state index in [0.717, 1.165) is 31.0 Å². The summed E-state index contributed by atoms with van der Waals surface area (Å²) < 4.78 is 14.5. The summed E-state index contributed by atoms with van der Waals surface area (Å²) in [4.78, 5) is 16.3. The van der Waals surface area contributed by atoms with E-state index in [9.17, 15) is 9.18 Å². The average molecular weight is 361 g/mol. The Morgan fingerprint density at radius 3 is 2.73 bits per heavy atom. The number of hydrogen-bond donors (Lipinski definition) is 2. The van der Waals surface area contributed by atoms with E-state index in [0.29, 0.717) is 17.5 Å². The Kier molecular flexibility index (Phi) is 4.75. The molecule has 1 saturated heterocycles. The van der Waals surface area contributed by atoms with Gasteiger partial charge >= 0.3 is 0 Å². The van der Waals surface area contributed by atoms with Gasteiger partial charge < -0.3 is 4.90 Å². The minimum absolute atomic E-state index is 0.181. The van der Waals surface area contributed by atoms with E-state index < -0.39 is 5.91 Å². The van der Waals surface area contributed by atoms with Crippen LogP contribution in [0.4, 0.5) is 4.39 Å². The van der Waals surface area contributed by atoms with Gasteiger partial charge in [0.25, 0.3) is 5.91 Å². The molecule has 6 heteroatoms. The molecule has 0 radical (unpaired) electrons. The molecule has 1 aromatic rings. The molecule has 1 saturated carbocycles. The number of likely N-dealkylation sites (tertiary alicyclic amines) is 1. The molecule has 2 fully saturated rings. The Labute approximate surface area is 154 Å². The van der Waals surface area contributed by atoms with Crippen LogP contribution < -0.4 is 5.48 Å². The Morgan fingerprint density at radius 1 is 1.31 bits per heavy atom. The predicted octanol–water partition coefficient (Wildman–Crippen LogP) is 2.42. The molecule has 3 aliphatic rings. The van der Waals surface area contributed by atoms with E-state index in [4.69, 9.17) is 5.21 Å². The fourth-order valence-electron chi connectivity index (χ4n) is 5.19. The monoisotopic (exact) mass is 361 g/mol. The summed E-state index contributed by atoms with van der Waals surface area (Å²) in [6.07, 6.45) is 6.05. The second kappa shape index (κ2) is 6.91. The molecule has 4 rings (SSSR count). The van der Waals surface area contributed by atoms with Gasteiger partial charge in [-0.3, -0.25) is 14.9 Å². The van der Waals surface area contributed by atoms with Gasteiger partial charge in [0.05, 0.1) is 0 Å². The Bertz CT molecular complexity index is 693. The number of benzene rings is 1. The van der Waals surface area contributed by atoms with Crippen LogP contribution in [-0.2, 0) is 13.0 Å². The second-order valence-electron chi connectivity index (χ2n) is 8.60. The molecule has 2 heterocycles. The number of halogens is 1. The van der Waals surface area contributed by atoms with Gasteiger partial charge in [-0.25, -0.2) is 9.87 Å². The third kappa shape index (κ3) is 3.38. The highest BCUT2D eigenvalue weighted by Gasteiger charge is 2.45. The van der Waals surface area contributed by atoms with Crippen molar-refractivity contribution in [2.75, 3.05) is 33.2 Å². The predicted molar refractivity (Wildman–Crippen MR) is 96.5 cm³/mol. The van der Waals surface area contributed by atoms with Crippen LogP contribution >= 0.6 is 0 Å². The standard InChI is InChI=1S/C20H28FN3O2/c1-23-6-3-20(4-7-23)10-14(11-20)12-24-5-2-15-8-16(19(25)22-26)9-18(21)17(15)13-24/h8-9,14,26H,2-7,10-13H2,1H3,(H,22,25). The quantitative estimate of drug-likeness (QED) is 0.641. The SMILES string of the molecule is CN1CCC2(CC1)CC(CN1CCc3cc(C(=O)NO)cc(F)c3C1)C2. The maximum Gasteiger partial charge on any atom is 0.274 e. The number of hydroxylamine groups is 1. The first-order valence-electron chi connectivity index (χ1n) is 9.65. The summed E-state index contributed by atoms with van der Waals surface area (Å²) in [7, 11) is 2.21. The van der Waals surface area contributed by atoms with Crippen LogP contribution in [0.1, 0.15) is 47.2 Å². The van der Waals surface area contributed by atoms with Gasteiger partial charge in [-0.2, -0.15) is 0 Å². The van der Waals surface area contributed by atoms with Crippen molar-refractivity contribution in [3.05, 3.63) is 34.6 Å². The second-order valence-corrected chi connectivity index (χ2v) is 8.60. The van der Waals surface area contributed by atoms with E-state index in [1.165, 1.54) is 44.8 Å². The summed E-state index contributed by atoms with van der Waals surface area (Å²) in [5.74, 6) is -0.263. The van der Waals surface area contributed by atoms with E-state index in [2.05, 4.69) is 16.8 Å². The molecular formula is C20H28FN3O2. The van der Waals surface area contributed by atoms with Gasteiger partial charge in [-0.05, 0) is 81.3 Å². The van der Waals surface area contributed by atoms with E-state index >= 15 is 0 Å². The van der Waals surface area contributed by atoms with Gasteiger partial charge in [0, 0.05) is 30.8 Å². The molecule has 1 aromatic carbocycles. The number of nitrogens with zero attached hydrogens (tertiary/aromatic N) is 2. The largest absolute Gasteiger partial charge is 0.306 e. The van der Waals surface area contributed by atoms with E-state index in [1.807, 2.05) is 0 Å². The summed E-state index contributed by atoms with van der Waals surface area (Å²) in [6, 6.07) is 2.93. The van der Waals surface area contributed by atoms with Crippen LogP contribution in [0.15, 0.2) is 12.1 Å². The molecule has 0 aromatic heterocycles. The van der Waals surface area contributed by atoms with Crippen molar-refractivity contribution in [2.24, 2.45) is 11.3 Å². The van der Waals surface area contributed by atoms with Crippen LogP contribution in [-0.4, -0.2) is 54.1 Å². The lowest BCUT2D eigenvalue weighted by atomic mass is 9.57. The van der Waals surface area contributed by atoms with Crippen LogP contribution in [0.5, 0.6) is 0 Å².